The Morgan fingerprint density at radius 2 is 2.08 bits per heavy atom. The average molecular weight is 357 g/mol. The van der Waals surface area contributed by atoms with Crippen LogP contribution in [0.15, 0.2) is 36.7 Å². The summed E-state index contributed by atoms with van der Waals surface area (Å²) in [7, 11) is 0. The van der Waals surface area contributed by atoms with E-state index in [0.717, 1.165) is 24.8 Å². The number of aromatic nitrogens is 2. The summed E-state index contributed by atoms with van der Waals surface area (Å²) in [4.78, 5) is 31.1. The Labute approximate surface area is 152 Å². The molecule has 2 atom stereocenters. The first-order chi connectivity index (χ1) is 12.7. The van der Waals surface area contributed by atoms with Crippen LogP contribution in [0.4, 0.5) is 0 Å². The van der Waals surface area contributed by atoms with Gasteiger partial charge in [-0.05, 0) is 31.7 Å². The molecule has 1 aliphatic rings. The molecule has 1 amide bonds. The van der Waals surface area contributed by atoms with Crippen LogP contribution in [0.3, 0.4) is 0 Å². The molecule has 0 radical (unpaired) electrons. The minimum absolute atomic E-state index is 0.0517. The number of H-pyrrole nitrogens is 1. The van der Waals surface area contributed by atoms with Crippen molar-refractivity contribution in [1.29, 1.82) is 0 Å². The maximum absolute atomic E-state index is 12.6. The van der Waals surface area contributed by atoms with Crippen LogP contribution in [0.1, 0.15) is 52.7 Å². The van der Waals surface area contributed by atoms with Crippen molar-refractivity contribution in [1.82, 2.24) is 15.3 Å². The molecule has 138 valence electrons. The Morgan fingerprint density at radius 1 is 1.27 bits per heavy atom. The molecule has 26 heavy (non-hydrogen) atoms. The predicted octanol–water partition coefficient (Wildman–Crippen LogP) is 2.45. The maximum atomic E-state index is 12.6. The number of nitrogens with one attached hydrogen (secondary N) is 2. The smallest absolute Gasteiger partial charge is 0.357 e. The van der Waals surface area contributed by atoms with E-state index in [2.05, 4.69) is 15.3 Å². The summed E-state index contributed by atoms with van der Waals surface area (Å²) in [6.45, 7) is 2.45. The Bertz CT molecular complexity index is 744. The van der Waals surface area contributed by atoms with E-state index in [4.69, 9.17) is 9.47 Å². The highest BCUT2D eigenvalue weighted by atomic mass is 16.5. The Morgan fingerprint density at radius 3 is 2.85 bits per heavy atom. The van der Waals surface area contributed by atoms with Gasteiger partial charge in [0.1, 0.15) is 0 Å². The summed E-state index contributed by atoms with van der Waals surface area (Å²) in [5.41, 5.74) is 1.22. The van der Waals surface area contributed by atoms with Crippen molar-refractivity contribution < 1.29 is 19.1 Å². The average Bonchev–Trinajstić information content (AvgIpc) is 3.30. The third kappa shape index (κ3) is 4.29. The largest absolute Gasteiger partial charge is 0.461 e. The summed E-state index contributed by atoms with van der Waals surface area (Å²) >= 11 is 0. The van der Waals surface area contributed by atoms with Crippen molar-refractivity contribution in [3.8, 4) is 0 Å². The normalized spacial score (nSPS) is 19.3. The van der Waals surface area contributed by atoms with Crippen molar-refractivity contribution in [3.05, 3.63) is 53.6 Å². The molecule has 0 saturated heterocycles. The number of rotatable bonds is 7. The van der Waals surface area contributed by atoms with E-state index in [9.17, 15) is 9.59 Å². The molecule has 0 spiro atoms. The lowest BCUT2D eigenvalue weighted by Crippen LogP contribution is -2.41. The van der Waals surface area contributed by atoms with Crippen LogP contribution in [-0.2, 0) is 16.1 Å². The summed E-state index contributed by atoms with van der Waals surface area (Å²) in [5.74, 6) is -0.979. The number of carbonyl (C=O) groups is 2. The van der Waals surface area contributed by atoms with Crippen LogP contribution in [0.5, 0.6) is 0 Å². The molecule has 1 aromatic heterocycles. The highest BCUT2D eigenvalue weighted by Crippen LogP contribution is 2.24. The number of esters is 1. The Balaban J connectivity index is 1.60. The van der Waals surface area contributed by atoms with Crippen molar-refractivity contribution in [2.75, 3.05) is 6.61 Å². The molecule has 1 aromatic carbocycles. The number of carbonyl (C=O) groups excluding carboxylic acids is 2. The van der Waals surface area contributed by atoms with Gasteiger partial charge in [-0.2, -0.15) is 0 Å². The summed E-state index contributed by atoms with van der Waals surface area (Å²) in [5, 5.41) is 2.95. The topological polar surface area (TPSA) is 93.3 Å². The molecule has 0 bridgehead atoms. The van der Waals surface area contributed by atoms with E-state index in [0.29, 0.717) is 6.61 Å². The van der Waals surface area contributed by atoms with E-state index >= 15 is 0 Å². The summed E-state index contributed by atoms with van der Waals surface area (Å²) < 4.78 is 10.9. The molecule has 2 aromatic rings. The molecule has 1 heterocycles. The van der Waals surface area contributed by atoms with E-state index in [1.165, 1.54) is 6.33 Å². The zero-order valence-corrected chi connectivity index (χ0v) is 14.7. The van der Waals surface area contributed by atoms with Gasteiger partial charge in [0.15, 0.2) is 11.4 Å². The lowest BCUT2D eigenvalue weighted by Gasteiger charge is -2.21. The number of ether oxygens (including phenoxy) is 2. The number of imidazole rings is 1. The van der Waals surface area contributed by atoms with Crippen molar-refractivity contribution in [2.45, 2.75) is 44.9 Å². The van der Waals surface area contributed by atoms with Crippen LogP contribution < -0.4 is 5.32 Å². The van der Waals surface area contributed by atoms with Crippen LogP contribution in [0, 0.1) is 0 Å². The minimum Gasteiger partial charge on any atom is -0.461 e. The molecule has 7 heteroatoms. The lowest BCUT2D eigenvalue weighted by atomic mass is 10.2. The van der Waals surface area contributed by atoms with E-state index in [1.54, 1.807) is 6.92 Å². The van der Waals surface area contributed by atoms with Crippen LogP contribution in [-0.4, -0.2) is 40.6 Å². The fourth-order valence-corrected chi connectivity index (χ4v) is 3.13. The zero-order valence-electron chi connectivity index (χ0n) is 14.7. The fraction of sp³-hybridized carbons (Fsp3) is 0.421. The first kappa shape index (κ1) is 18.1. The second kappa shape index (κ2) is 8.62. The Hall–Kier alpha value is -2.67. The molecule has 1 saturated carbocycles. The predicted molar refractivity (Wildman–Crippen MR) is 94.7 cm³/mol. The van der Waals surface area contributed by atoms with Gasteiger partial charge in [-0.3, -0.25) is 4.79 Å². The van der Waals surface area contributed by atoms with E-state index < -0.39 is 11.9 Å². The molecule has 3 rings (SSSR count). The minimum atomic E-state index is -0.585. The second-order valence-corrected chi connectivity index (χ2v) is 6.19. The van der Waals surface area contributed by atoms with Gasteiger partial charge in [-0.15, -0.1) is 0 Å². The number of hydrogen-bond acceptors (Lipinski definition) is 5. The van der Waals surface area contributed by atoms with Gasteiger partial charge in [0.25, 0.3) is 5.91 Å². The van der Waals surface area contributed by atoms with Crippen molar-refractivity contribution in [2.24, 2.45) is 0 Å². The van der Waals surface area contributed by atoms with E-state index in [-0.39, 0.29) is 30.1 Å². The van der Waals surface area contributed by atoms with Gasteiger partial charge in [0.2, 0.25) is 0 Å². The summed E-state index contributed by atoms with van der Waals surface area (Å²) in [6, 6.07) is 9.84. The number of benzene rings is 1. The third-order valence-corrected chi connectivity index (χ3v) is 4.41. The quantitative estimate of drug-likeness (QED) is 0.743. The van der Waals surface area contributed by atoms with E-state index in [1.807, 2.05) is 30.3 Å². The third-order valence-electron chi connectivity index (χ3n) is 4.41. The highest BCUT2D eigenvalue weighted by Gasteiger charge is 2.31. The highest BCUT2D eigenvalue weighted by molar-refractivity contribution is 6.02. The SMILES string of the molecule is CCOC(=O)c1[nH]cnc1C(=O)N[C@@H]1CCC[C@H]1OCc1ccccc1. The molecule has 2 N–H and O–H groups in total. The monoisotopic (exact) mass is 357 g/mol. The van der Waals surface area contributed by atoms with Gasteiger partial charge in [-0.25, -0.2) is 9.78 Å². The molecular weight excluding hydrogens is 334 g/mol. The van der Waals surface area contributed by atoms with Crippen molar-refractivity contribution >= 4 is 11.9 Å². The van der Waals surface area contributed by atoms with Gasteiger partial charge in [-0.1, -0.05) is 30.3 Å². The molecular formula is C19H23N3O4. The molecule has 7 nitrogen and oxygen atoms in total. The van der Waals surface area contributed by atoms with Gasteiger partial charge in [0, 0.05) is 0 Å². The van der Waals surface area contributed by atoms with Gasteiger partial charge < -0.3 is 19.8 Å². The molecule has 1 fully saturated rings. The molecule has 1 aliphatic carbocycles. The number of aromatic amines is 1. The zero-order chi connectivity index (χ0) is 18.4. The first-order valence-corrected chi connectivity index (χ1v) is 8.86. The van der Waals surface area contributed by atoms with Crippen LogP contribution in [0.25, 0.3) is 0 Å². The molecule has 0 unspecified atom stereocenters. The van der Waals surface area contributed by atoms with Gasteiger partial charge >= 0.3 is 5.97 Å². The van der Waals surface area contributed by atoms with Crippen LogP contribution in [0.2, 0.25) is 0 Å². The lowest BCUT2D eigenvalue weighted by molar-refractivity contribution is 0.0271. The van der Waals surface area contributed by atoms with Crippen molar-refractivity contribution in [3.63, 3.8) is 0 Å². The number of amides is 1. The number of hydrogen-bond donors (Lipinski definition) is 2. The second-order valence-electron chi connectivity index (χ2n) is 6.19. The fourth-order valence-electron chi connectivity index (χ4n) is 3.13. The Kier molecular flexibility index (Phi) is 6.01. The number of nitrogens with zero attached hydrogens (tertiary/aromatic N) is 1. The van der Waals surface area contributed by atoms with Gasteiger partial charge in [0.05, 0.1) is 31.7 Å². The van der Waals surface area contributed by atoms with Crippen LogP contribution >= 0.6 is 0 Å². The summed E-state index contributed by atoms with van der Waals surface area (Å²) in [6.07, 6.45) is 3.98. The maximum Gasteiger partial charge on any atom is 0.357 e. The molecule has 0 aliphatic heterocycles. The standard InChI is InChI=1S/C19H23N3O4/c1-2-25-19(24)17-16(20-12-21-17)18(23)22-14-9-6-10-15(14)26-11-13-7-4-3-5-8-13/h3-5,7-8,12,14-15H,2,6,9-11H2,1H3,(H,20,21)(H,22,23)/t14-,15-/m1/s1. The first-order valence-electron chi connectivity index (χ1n) is 8.86.